The van der Waals surface area contributed by atoms with E-state index in [1.54, 1.807) is 0 Å². The molecule has 0 fully saturated rings. The van der Waals surface area contributed by atoms with E-state index in [2.05, 4.69) is 27.7 Å². The van der Waals surface area contributed by atoms with Crippen molar-refractivity contribution in [1.82, 2.24) is 0 Å². The van der Waals surface area contributed by atoms with E-state index in [9.17, 15) is 43.2 Å². The summed E-state index contributed by atoms with van der Waals surface area (Å²) in [6.45, 7) is 4.69. The SMILES string of the molecule is CCCCCCCCCCCCCCCCCC(=O)O[C@H](COC(=O)CCCCCCCCCCCCCCCC)COP(=O)(O)OC[C@@H](O)COP(=O)(O)OC[C@@H](COC(=O)CCCCCCC)OC(=O)CCCCCCC. The monoisotopic (exact) mass is 1170 g/mol. The summed E-state index contributed by atoms with van der Waals surface area (Å²) in [5, 5.41) is 10.5. The maximum absolute atomic E-state index is 12.9. The van der Waals surface area contributed by atoms with Crippen LogP contribution in [0.5, 0.6) is 0 Å². The molecule has 0 aliphatic rings. The second-order valence-electron chi connectivity index (χ2n) is 21.7. The van der Waals surface area contributed by atoms with Gasteiger partial charge in [-0.3, -0.25) is 37.3 Å². The van der Waals surface area contributed by atoms with Crippen LogP contribution >= 0.6 is 15.6 Å². The van der Waals surface area contributed by atoms with E-state index in [1.165, 1.54) is 128 Å². The third-order valence-corrected chi connectivity index (χ3v) is 15.8. The van der Waals surface area contributed by atoms with Crippen molar-refractivity contribution in [1.29, 1.82) is 0 Å². The van der Waals surface area contributed by atoms with Gasteiger partial charge in [0, 0.05) is 25.7 Å². The molecule has 0 spiro atoms. The minimum atomic E-state index is -4.94. The summed E-state index contributed by atoms with van der Waals surface area (Å²) < 4.78 is 67.4. The highest BCUT2D eigenvalue weighted by atomic mass is 31.2. The van der Waals surface area contributed by atoms with Gasteiger partial charge in [-0.05, 0) is 25.7 Å². The van der Waals surface area contributed by atoms with Crippen molar-refractivity contribution in [2.75, 3.05) is 39.6 Å². The van der Waals surface area contributed by atoms with Gasteiger partial charge in [0.05, 0.1) is 26.4 Å². The molecule has 0 aromatic carbocycles. The normalized spacial score (nSPS) is 14.3. The fourth-order valence-corrected chi connectivity index (χ4v) is 10.5. The first-order valence-corrected chi connectivity index (χ1v) is 34.8. The van der Waals surface area contributed by atoms with Gasteiger partial charge in [0.15, 0.2) is 12.2 Å². The van der Waals surface area contributed by atoms with E-state index in [4.69, 9.17) is 37.0 Å². The standard InChI is InChI=1S/C60H116O17P2/c1-5-9-13-17-19-21-23-25-27-29-31-33-35-39-43-47-60(65)77-56(51-71-58(63)45-41-38-34-32-30-28-26-24-22-20-18-14-10-6-2)53-75-79(68,69)73-49-54(61)48-72-78(66,67)74-52-55(76-59(64)46-42-37-16-12-8-4)50-70-57(62)44-40-36-15-11-7-3/h54-56,61H,5-53H2,1-4H3,(H,66,67)(H,68,69)/t54-,55+,56+/m0/s1. The van der Waals surface area contributed by atoms with Gasteiger partial charge in [0.25, 0.3) is 0 Å². The molecule has 19 heteroatoms. The molecule has 17 nitrogen and oxygen atoms in total. The van der Waals surface area contributed by atoms with Gasteiger partial charge in [-0.15, -0.1) is 0 Å². The molecular formula is C60H116O17P2. The number of carbonyl (C=O) groups is 4. The predicted molar refractivity (Wildman–Crippen MR) is 312 cm³/mol. The predicted octanol–water partition coefficient (Wildman–Crippen LogP) is 16.4. The van der Waals surface area contributed by atoms with Crippen LogP contribution in [0.1, 0.15) is 304 Å². The number of rotatable bonds is 61. The van der Waals surface area contributed by atoms with Crippen LogP contribution in [0.15, 0.2) is 0 Å². The van der Waals surface area contributed by atoms with Crippen LogP contribution in [0.2, 0.25) is 0 Å². The van der Waals surface area contributed by atoms with Crippen LogP contribution in [0.3, 0.4) is 0 Å². The molecule has 2 unspecified atom stereocenters. The van der Waals surface area contributed by atoms with Crippen molar-refractivity contribution in [3.05, 3.63) is 0 Å². The highest BCUT2D eigenvalue weighted by Gasteiger charge is 2.30. The lowest BCUT2D eigenvalue weighted by molar-refractivity contribution is -0.161. The third-order valence-electron chi connectivity index (χ3n) is 13.9. The number of phosphoric ester groups is 2. The number of phosphoric acid groups is 2. The summed E-state index contributed by atoms with van der Waals surface area (Å²) in [4.78, 5) is 71.5. The van der Waals surface area contributed by atoms with Crippen molar-refractivity contribution < 1.29 is 80.2 Å². The lowest BCUT2D eigenvalue weighted by Gasteiger charge is -2.21. The Balaban J connectivity index is 5.11. The Labute approximate surface area is 479 Å². The smallest absolute Gasteiger partial charge is 0.462 e. The second-order valence-corrected chi connectivity index (χ2v) is 24.6. The first-order valence-electron chi connectivity index (χ1n) is 31.8. The van der Waals surface area contributed by atoms with E-state index < -0.39 is 97.5 Å². The molecule has 3 N–H and O–H groups in total. The zero-order chi connectivity index (χ0) is 58.3. The quantitative estimate of drug-likeness (QED) is 0.0222. The summed E-state index contributed by atoms with van der Waals surface area (Å²) in [7, 11) is -9.86. The molecule has 0 saturated carbocycles. The average Bonchev–Trinajstić information content (AvgIpc) is 3.42. The summed E-state index contributed by atoms with van der Waals surface area (Å²) in [5.41, 5.74) is 0. The van der Waals surface area contributed by atoms with Gasteiger partial charge < -0.3 is 33.8 Å². The molecule has 5 atom stereocenters. The molecule has 0 bridgehead atoms. The molecular weight excluding hydrogens is 1050 g/mol. The molecule has 0 rings (SSSR count). The van der Waals surface area contributed by atoms with Crippen molar-refractivity contribution in [3.63, 3.8) is 0 Å². The van der Waals surface area contributed by atoms with Gasteiger partial charge in [0.1, 0.15) is 19.3 Å². The Morgan fingerprint density at radius 3 is 0.747 bits per heavy atom. The van der Waals surface area contributed by atoms with Crippen LogP contribution in [0.4, 0.5) is 0 Å². The Morgan fingerprint density at radius 2 is 0.506 bits per heavy atom. The molecule has 468 valence electrons. The van der Waals surface area contributed by atoms with Crippen LogP contribution < -0.4 is 0 Å². The van der Waals surface area contributed by atoms with Gasteiger partial charge in [-0.1, -0.05) is 252 Å². The van der Waals surface area contributed by atoms with Gasteiger partial charge in [-0.2, -0.15) is 0 Å². The van der Waals surface area contributed by atoms with Gasteiger partial charge >= 0.3 is 39.5 Å². The Morgan fingerprint density at radius 1 is 0.304 bits per heavy atom. The highest BCUT2D eigenvalue weighted by molar-refractivity contribution is 7.47. The lowest BCUT2D eigenvalue weighted by Crippen LogP contribution is -2.30. The number of carbonyl (C=O) groups excluding carboxylic acids is 4. The van der Waals surface area contributed by atoms with E-state index >= 15 is 0 Å². The number of ether oxygens (including phenoxy) is 4. The van der Waals surface area contributed by atoms with Crippen LogP contribution in [0, 0.1) is 0 Å². The molecule has 0 heterocycles. The number of unbranched alkanes of at least 4 members (excludes halogenated alkanes) is 35. The summed E-state index contributed by atoms with van der Waals surface area (Å²) >= 11 is 0. The molecule has 0 aromatic heterocycles. The zero-order valence-corrected chi connectivity index (χ0v) is 52.1. The first-order chi connectivity index (χ1) is 38.2. The number of aliphatic hydroxyl groups excluding tert-OH is 1. The second kappa shape index (κ2) is 55.3. The maximum atomic E-state index is 12.9. The van der Waals surface area contributed by atoms with Gasteiger partial charge in [-0.25, -0.2) is 9.13 Å². The molecule has 79 heavy (non-hydrogen) atoms. The first kappa shape index (κ1) is 77.1. The topological polar surface area (TPSA) is 237 Å². The largest absolute Gasteiger partial charge is 0.472 e. The maximum Gasteiger partial charge on any atom is 0.472 e. The molecule has 0 aromatic rings. The molecule has 0 aliphatic carbocycles. The minimum absolute atomic E-state index is 0.0991. The lowest BCUT2D eigenvalue weighted by atomic mass is 10.0. The molecule has 0 radical (unpaired) electrons. The zero-order valence-electron chi connectivity index (χ0n) is 50.3. The van der Waals surface area contributed by atoms with Gasteiger partial charge in [0.2, 0.25) is 0 Å². The molecule has 0 amide bonds. The molecule has 0 saturated heterocycles. The Bertz CT molecular complexity index is 1540. The summed E-state index contributed by atoms with van der Waals surface area (Å²) in [5.74, 6) is -2.16. The van der Waals surface area contributed by atoms with E-state index in [0.717, 1.165) is 96.3 Å². The summed E-state index contributed by atoms with van der Waals surface area (Å²) in [6, 6.07) is 0. The molecule has 0 aliphatic heterocycles. The fraction of sp³-hybridized carbons (Fsp3) is 0.933. The van der Waals surface area contributed by atoms with Crippen molar-refractivity contribution in [2.24, 2.45) is 0 Å². The van der Waals surface area contributed by atoms with E-state index in [1.807, 2.05) is 0 Å². The van der Waals surface area contributed by atoms with Crippen LogP contribution in [-0.2, 0) is 65.4 Å². The fourth-order valence-electron chi connectivity index (χ4n) is 8.93. The minimum Gasteiger partial charge on any atom is -0.462 e. The Kier molecular flexibility index (Phi) is 53.9. The summed E-state index contributed by atoms with van der Waals surface area (Å²) in [6.07, 6.45) is 39.7. The number of hydrogen-bond donors (Lipinski definition) is 3. The van der Waals surface area contributed by atoms with Crippen LogP contribution in [-0.4, -0.2) is 96.7 Å². The number of esters is 4. The van der Waals surface area contributed by atoms with Crippen molar-refractivity contribution in [2.45, 2.75) is 322 Å². The van der Waals surface area contributed by atoms with Crippen LogP contribution in [0.25, 0.3) is 0 Å². The Hall–Kier alpha value is -1.94. The van der Waals surface area contributed by atoms with Crippen molar-refractivity contribution in [3.8, 4) is 0 Å². The number of aliphatic hydroxyl groups is 1. The van der Waals surface area contributed by atoms with Crippen molar-refractivity contribution >= 4 is 39.5 Å². The highest BCUT2D eigenvalue weighted by Crippen LogP contribution is 2.45. The van der Waals surface area contributed by atoms with E-state index in [0.29, 0.717) is 25.7 Å². The third kappa shape index (κ3) is 55.0. The number of hydrogen-bond acceptors (Lipinski definition) is 15. The average molecular weight is 1170 g/mol. The van der Waals surface area contributed by atoms with E-state index in [-0.39, 0.29) is 25.7 Å².